The average molecular weight is 657 g/mol. The number of nitrogens with one attached hydrogen (secondary N) is 3. The summed E-state index contributed by atoms with van der Waals surface area (Å²) in [5, 5.41) is 9.77. The van der Waals surface area contributed by atoms with Crippen LogP contribution in [0.2, 0.25) is 0 Å². The van der Waals surface area contributed by atoms with Gasteiger partial charge in [0.25, 0.3) is 0 Å². The van der Waals surface area contributed by atoms with Crippen LogP contribution in [-0.2, 0) is 9.59 Å². The number of halogens is 2. The van der Waals surface area contributed by atoms with Crippen molar-refractivity contribution in [2.45, 2.75) is 69.4 Å². The largest absolute Gasteiger partial charge is 0.493 e. The molecule has 0 radical (unpaired) electrons. The van der Waals surface area contributed by atoms with E-state index in [0.29, 0.717) is 59.3 Å². The molecule has 1 aromatic heterocycles. The van der Waals surface area contributed by atoms with Crippen molar-refractivity contribution in [1.29, 1.82) is 0 Å². The van der Waals surface area contributed by atoms with Crippen molar-refractivity contribution in [1.82, 2.24) is 10.3 Å². The molecular formula is C37H38F2N4O5. The number of rotatable bonds is 12. The van der Waals surface area contributed by atoms with E-state index in [-0.39, 0.29) is 17.0 Å². The molecule has 3 aliphatic carbocycles. The molecule has 2 amide bonds. The number of carbonyl (C=O) groups is 2. The Labute approximate surface area is 277 Å². The van der Waals surface area contributed by atoms with Crippen molar-refractivity contribution in [2.75, 3.05) is 24.4 Å². The van der Waals surface area contributed by atoms with Gasteiger partial charge in [0, 0.05) is 41.1 Å². The minimum absolute atomic E-state index is 0.000819. The van der Waals surface area contributed by atoms with Gasteiger partial charge in [-0.2, -0.15) is 0 Å². The Balaban J connectivity index is 1.02. The van der Waals surface area contributed by atoms with E-state index in [1.54, 1.807) is 25.4 Å². The number of methoxy groups -OCH3 is 1. The number of pyridine rings is 1. The number of anilines is 2. The van der Waals surface area contributed by atoms with Gasteiger partial charge in [0.2, 0.25) is 11.8 Å². The topological polar surface area (TPSA) is 111 Å². The van der Waals surface area contributed by atoms with E-state index in [9.17, 15) is 14.0 Å². The highest BCUT2D eigenvalue weighted by Crippen LogP contribution is 2.48. The maximum Gasteiger partial charge on any atom is 0.240 e. The predicted octanol–water partition coefficient (Wildman–Crippen LogP) is 7.51. The Hall–Kier alpha value is -4.77. The zero-order valence-electron chi connectivity index (χ0n) is 26.7. The third-order valence-electron chi connectivity index (χ3n) is 9.59. The van der Waals surface area contributed by atoms with Crippen LogP contribution in [0.1, 0.15) is 57.8 Å². The molecule has 1 heterocycles. The highest BCUT2D eigenvalue weighted by molar-refractivity contribution is 6.16. The molecular weight excluding hydrogens is 618 g/mol. The Bertz CT molecular complexity index is 1840. The third-order valence-corrected chi connectivity index (χ3v) is 9.59. The van der Waals surface area contributed by atoms with Crippen molar-refractivity contribution >= 4 is 34.1 Å². The quantitative estimate of drug-likeness (QED) is 0.135. The van der Waals surface area contributed by atoms with Crippen LogP contribution in [0.4, 0.5) is 20.2 Å². The SMILES string of the molecule is COc1cc2c(Oc3ccc(NC(=O)C4(C(=O)Nc5ccc(F)cc5)CC4)cc3F)ccnc2cc1OCC1(NC2CCCCC2)CC1. The van der Waals surface area contributed by atoms with Gasteiger partial charge in [-0.05, 0) is 87.1 Å². The van der Waals surface area contributed by atoms with Gasteiger partial charge in [0.1, 0.15) is 23.6 Å². The number of benzene rings is 3. The minimum atomic E-state index is -1.28. The summed E-state index contributed by atoms with van der Waals surface area (Å²) < 4.78 is 46.5. The number of amides is 2. The summed E-state index contributed by atoms with van der Waals surface area (Å²) in [6.07, 6.45) is 10.7. The molecule has 0 aliphatic heterocycles. The lowest BCUT2D eigenvalue weighted by molar-refractivity contribution is -0.131. The van der Waals surface area contributed by atoms with E-state index < -0.39 is 28.9 Å². The summed E-state index contributed by atoms with van der Waals surface area (Å²) in [4.78, 5) is 30.5. The van der Waals surface area contributed by atoms with Crippen LogP contribution in [0.15, 0.2) is 66.9 Å². The molecule has 4 aromatic rings. The van der Waals surface area contributed by atoms with Crippen molar-refractivity contribution in [3.63, 3.8) is 0 Å². The second-order valence-electron chi connectivity index (χ2n) is 13.1. The number of aromatic nitrogens is 1. The number of nitrogens with zero attached hydrogens (tertiary/aromatic N) is 1. The number of hydrogen-bond donors (Lipinski definition) is 3. The molecule has 11 heteroatoms. The predicted molar refractivity (Wildman–Crippen MR) is 178 cm³/mol. The Kier molecular flexibility index (Phi) is 8.63. The van der Waals surface area contributed by atoms with Crippen LogP contribution in [0.3, 0.4) is 0 Å². The first-order chi connectivity index (χ1) is 23.3. The zero-order chi connectivity index (χ0) is 33.3. The first-order valence-corrected chi connectivity index (χ1v) is 16.5. The van der Waals surface area contributed by atoms with Crippen LogP contribution >= 0.6 is 0 Å². The molecule has 3 saturated carbocycles. The van der Waals surface area contributed by atoms with Crippen molar-refractivity contribution < 1.29 is 32.6 Å². The third kappa shape index (κ3) is 6.78. The highest BCUT2D eigenvalue weighted by Gasteiger charge is 2.56. The maximum absolute atomic E-state index is 15.3. The smallest absolute Gasteiger partial charge is 0.240 e. The van der Waals surface area contributed by atoms with Gasteiger partial charge in [-0.1, -0.05) is 19.3 Å². The van der Waals surface area contributed by atoms with E-state index in [1.807, 2.05) is 6.07 Å². The molecule has 7 rings (SSSR count). The summed E-state index contributed by atoms with van der Waals surface area (Å²) in [6, 6.07) is 15.1. The lowest BCUT2D eigenvalue weighted by Gasteiger charge is -2.28. The van der Waals surface area contributed by atoms with E-state index in [0.717, 1.165) is 18.9 Å². The lowest BCUT2D eigenvalue weighted by Crippen LogP contribution is -2.44. The molecule has 3 N–H and O–H groups in total. The molecule has 3 fully saturated rings. The summed E-state index contributed by atoms with van der Waals surface area (Å²) >= 11 is 0. The van der Waals surface area contributed by atoms with Crippen molar-refractivity contribution in [2.24, 2.45) is 5.41 Å². The molecule has 3 aliphatic rings. The van der Waals surface area contributed by atoms with Gasteiger partial charge in [0.05, 0.1) is 18.2 Å². The fourth-order valence-corrected chi connectivity index (χ4v) is 6.36. The van der Waals surface area contributed by atoms with E-state index >= 15 is 4.39 Å². The molecule has 3 aromatic carbocycles. The number of hydrogen-bond acceptors (Lipinski definition) is 7. The standard InChI is InChI=1S/C37H38F2N4O5/c1-46-32-20-27-29(21-33(32)47-22-36(14-15-36)43-25-5-3-2-4-6-25)40-18-13-30(27)48-31-12-11-26(19-28(31)39)42-35(45)37(16-17-37)34(44)41-24-9-7-23(38)8-10-24/h7-13,18-21,25,43H,2-6,14-17,22H2,1H3,(H,41,44)(H,42,45). The fraction of sp³-hybridized carbons (Fsp3) is 0.378. The van der Waals surface area contributed by atoms with E-state index in [2.05, 4.69) is 20.9 Å². The molecule has 0 atom stereocenters. The first kappa shape index (κ1) is 31.8. The Morgan fingerprint density at radius 3 is 2.19 bits per heavy atom. The van der Waals surface area contributed by atoms with Crippen LogP contribution in [0.5, 0.6) is 23.0 Å². The molecule has 48 heavy (non-hydrogen) atoms. The summed E-state index contributed by atoms with van der Waals surface area (Å²) in [5.74, 6) is -0.766. The van der Waals surface area contributed by atoms with Gasteiger partial charge in [-0.25, -0.2) is 8.78 Å². The fourth-order valence-electron chi connectivity index (χ4n) is 6.36. The van der Waals surface area contributed by atoms with Crippen molar-refractivity contribution in [3.05, 3.63) is 78.5 Å². The molecule has 0 saturated heterocycles. The normalized spacial score (nSPS) is 17.7. The number of carbonyl (C=O) groups excluding carboxylic acids is 2. The second kappa shape index (κ2) is 13.0. The highest BCUT2D eigenvalue weighted by atomic mass is 19.1. The van der Waals surface area contributed by atoms with Gasteiger partial charge in [-0.15, -0.1) is 0 Å². The number of ether oxygens (including phenoxy) is 3. The molecule has 9 nitrogen and oxygen atoms in total. The summed E-state index contributed by atoms with van der Waals surface area (Å²) in [5.41, 5.74) is -0.111. The monoisotopic (exact) mass is 656 g/mol. The minimum Gasteiger partial charge on any atom is -0.493 e. The number of fused-ring (bicyclic) bond motifs is 1. The summed E-state index contributed by atoms with van der Waals surface area (Å²) in [7, 11) is 1.57. The first-order valence-electron chi connectivity index (χ1n) is 16.5. The Morgan fingerprint density at radius 2 is 1.52 bits per heavy atom. The average Bonchev–Trinajstić information content (AvgIpc) is 4.03. The lowest BCUT2D eigenvalue weighted by atomic mass is 9.94. The molecule has 0 unspecified atom stereocenters. The van der Waals surface area contributed by atoms with Crippen molar-refractivity contribution in [3.8, 4) is 23.0 Å². The molecule has 0 spiro atoms. The van der Waals surface area contributed by atoms with Crippen LogP contribution in [0, 0.1) is 17.0 Å². The zero-order valence-corrected chi connectivity index (χ0v) is 26.7. The molecule has 250 valence electrons. The van der Waals surface area contributed by atoms with Gasteiger partial charge >= 0.3 is 0 Å². The summed E-state index contributed by atoms with van der Waals surface area (Å²) in [6.45, 7) is 0.537. The van der Waals surface area contributed by atoms with Gasteiger partial charge < -0.3 is 30.2 Å². The van der Waals surface area contributed by atoms with Crippen LogP contribution < -0.4 is 30.2 Å². The molecule has 0 bridgehead atoms. The van der Waals surface area contributed by atoms with E-state index in [4.69, 9.17) is 14.2 Å². The van der Waals surface area contributed by atoms with E-state index in [1.165, 1.54) is 68.5 Å². The van der Waals surface area contributed by atoms with Crippen LogP contribution in [-0.4, -0.2) is 42.1 Å². The maximum atomic E-state index is 15.3. The Morgan fingerprint density at radius 1 is 0.812 bits per heavy atom. The van der Waals surface area contributed by atoms with Crippen LogP contribution in [0.25, 0.3) is 10.9 Å². The van der Waals surface area contributed by atoms with Gasteiger partial charge in [-0.3, -0.25) is 14.6 Å². The van der Waals surface area contributed by atoms with Gasteiger partial charge in [0.15, 0.2) is 23.1 Å². The second-order valence-corrected chi connectivity index (χ2v) is 13.1.